The normalized spacial score (nSPS) is 12.5. The monoisotopic (exact) mass is 265 g/mol. The van der Waals surface area contributed by atoms with Crippen molar-refractivity contribution in [2.45, 2.75) is 26.4 Å². The zero-order valence-corrected chi connectivity index (χ0v) is 11.8. The first-order chi connectivity index (χ1) is 8.88. The number of aliphatic hydroxyl groups excluding tert-OH is 1. The van der Waals surface area contributed by atoms with Gasteiger partial charge in [-0.25, -0.2) is 0 Å². The zero-order chi connectivity index (χ0) is 14.4. The van der Waals surface area contributed by atoms with Crippen LogP contribution in [0.15, 0.2) is 18.2 Å². The summed E-state index contributed by atoms with van der Waals surface area (Å²) in [5, 5.41) is 12.1. The molecule has 4 N–H and O–H groups in total. The van der Waals surface area contributed by atoms with Gasteiger partial charge in [-0.2, -0.15) is 0 Å². The Balaban J connectivity index is 2.43. The lowest BCUT2D eigenvalue weighted by molar-refractivity contribution is -0.116. The van der Waals surface area contributed by atoms with Crippen molar-refractivity contribution in [3.8, 4) is 0 Å². The third kappa shape index (κ3) is 5.72. The van der Waals surface area contributed by atoms with Crippen LogP contribution in [0, 0.1) is 6.92 Å². The summed E-state index contributed by atoms with van der Waals surface area (Å²) in [5.41, 5.74) is 8.09. The van der Waals surface area contributed by atoms with Gasteiger partial charge >= 0.3 is 0 Å². The van der Waals surface area contributed by atoms with E-state index in [1.807, 2.05) is 31.0 Å². The first-order valence-electron chi connectivity index (χ1n) is 6.41. The van der Waals surface area contributed by atoms with Crippen molar-refractivity contribution in [3.63, 3.8) is 0 Å². The summed E-state index contributed by atoms with van der Waals surface area (Å²) >= 11 is 0. The number of hydrogen-bond donors (Lipinski definition) is 3. The number of carbonyl (C=O) groups excluding carboxylic acids is 1. The molecule has 1 aromatic carbocycles. The molecule has 19 heavy (non-hydrogen) atoms. The largest absolute Gasteiger partial charge is 0.399 e. The van der Waals surface area contributed by atoms with Gasteiger partial charge in [-0.05, 0) is 44.7 Å². The number of nitrogen functional groups attached to an aromatic ring is 1. The van der Waals surface area contributed by atoms with Crippen LogP contribution in [0.25, 0.3) is 0 Å². The SMILES string of the molecule is Cc1cc(N)ccc1NC(=O)CCN(C)CC(C)O. The average molecular weight is 265 g/mol. The Kier molecular flexibility index (Phi) is 5.79. The van der Waals surface area contributed by atoms with Crippen LogP contribution in [-0.2, 0) is 4.79 Å². The van der Waals surface area contributed by atoms with E-state index in [1.165, 1.54) is 0 Å². The highest BCUT2D eigenvalue weighted by Gasteiger charge is 2.08. The maximum Gasteiger partial charge on any atom is 0.225 e. The Hall–Kier alpha value is -1.59. The second kappa shape index (κ2) is 7.11. The molecule has 0 aromatic heterocycles. The van der Waals surface area contributed by atoms with E-state index in [1.54, 1.807) is 13.0 Å². The predicted octanol–water partition coefficient (Wildman–Crippen LogP) is 1.22. The Morgan fingerprint density at radius 1 is 1.53 bits per heavy atom. The summed E-state index contributed by atoms with van der Waals surface area (Å²) in [4.78, 5) is 13.7. The van der Waals surface area contributed by atoms with Crippen LogP contribution in [0.4, 0.5) is 11.4 Å². The van der Waals surface area contributed by atoms with E-state index in [2.05, 4.69) is 5.32 Å². The minimum atomic E-state index is -0.382. The number of rotatable bonds is 6. The van der Waals surface area contributed by atoms with Gasteiger partial charge in [0.05, 0.1) is 6.10 Å². The molecular formula is C14H23N3O2. The summed E-state index contributed by atoms with van der Waals surface area (Å²) in [7, 11) is 1.88. The smallest absolute Gasteiger partial charge is 0.225 e. The Morgan fingerprint density at radius 2 is 2.21 bits per heavy atom. The van der Waals surface area contributed by atoms with Crippen LogP contribution in [0.2, 0.25) is 0 Å². The fraction of sp³-hybridized carbons (Fsp3) is 0.500. The van der Waals surface area contributed by atoms with Crippen molar-refractivity contribution in [1.82, 2.24) is 4.90 Å². The molecule has 0 saturated carbocycles. The highest BCUT2D eigenvalue weighted by Crippen LogP contribution is 2.17. The second-order valence-electron chi connectivity index (χ2n) is 4.98. The van der Waals surface area contributed by atoms with Gasteiger partial charge in [0.2, 0.25) is 5.91 Å². The van der Waals surface area contributed by atoms with Gasteiger partial charge in [-0.3, -0.25) is 4.79 Å². The molecular weight excluding hydrogens is 242 g/mol. The first kappa shape index (κ1) is 15.5. The molecule has 106 valence electrons. The van der Waals surface area contributed by atoms with Gasteiger partial charge < -0.3 is 21.1 Å². The van der Waals surface area contributed by atoms with Crippen LogP contribution >= 0.6 is 0 Å². The van der Waals surface area contributed by atoms with Crippen LogP contribution in [0.3, 0.4) is 0 Å². The van der Waals surface area contributed by atoms with E-state index >= 15 is 0 Å². The molecule has 0 radical (unpaired) electrons. The number of nitrogens with zero attached hydrogens (tertiary/aromatic N) is 1. The molecule has 0 spiro atoms. The molecule has 1 amide bonds. The zero-order valence-electron chi connectivity index (χ0n) is 11.8. The van der Waals surface area contributed by atoms with Crippen molar-refractivity contribution in [2.24, 2.45) is 0 Å². The Bertz CT molecular complexity index is 433. The minimum Gasteiger partial charge on any atom is -0.399 e. The summed E-state index contributed by atoms with van der Waals surface area (Å²) in [6, 6.07) is 5.40. The fourth-order valence-corrected chi connectivity index (χ4v) is 1.87. The predicted molar refractivity (Wildman–Crippen MR) is 78.0 cm³/mol. The average Bonchev–Trinajstić information content (AvgIpc) is 2.29. The molecule has 0 aliphatic rings. The summed E-state index contributed by atoms with van der Waals surface area (Å²) in [6.45, 7) is 4.82. The van der Waals surface area contributed by atoms with E-state index in [9.17, 15) is 9.90 Å². The number of aryl methyl sites for hydroxylation is 1. The van der Waals surface area contributed by atoms with Gasteiger partial charge in [-0.1, -0.05) is 0 Å². The third-order valence-electron chi connectivity index (χ3n) is 2.82. The molecule has 0 aliphatic heterocycles. The van der Waals surface area contributed by atoms with Crippen LogP contribution < -0.4 is 11.1 Å². The lowest BCUT2D eigenvalue weighted by Crippen LogP contribution is -2.30. The van der Waals surface area contributed by atoms with E-state index in [-0.39, 0.29) is 12.0 Å². The van der Waals surface area contributed by atoms with Crippen molar-refractivity contribution in [3.05, 3.63) is 23.8 Å². The summed E-state index contributed by atoms with van der Waals surface area (Å²) < 4.78 is 0. The molecule has 0 heterocycles. The molecule has 1 rings (SSSR count). The molecule has 0 saturated heterocycles. The van der Waals surface area contributed by atoms with Crippen LogP contribution in [0.5, 0.6) is 0 Å². The molecule has 0 fully saturated rings. The quantitative estimate of drug-likeness (QED) is 0.676. The molecule has 0 aliphatic carbocycles. The fourth-order valence-electron chi connectivity index (χ4n) is 1.87. The van der Waals surface area contributed by atoms with Gasteiger partial charge in [0.25, 0.3) is 0 Å². The number of nitrogens with one attached hydrogen (secondary N) is 1. The number of carbonyl (C=O) groups is 1. The van der Waals surface area contributed by atoms with Gasteiger partial charge in [0.1, 0.15) is 0 Å². The Morgan fingerprint density at radius 3 is 2.79 bits per heavy atom. The number of benzene rings is 1. The number of anilines is 2. The first-order valence-corrected chi connectivity index (χ1v) is 6.41. The van der Waals surface area contributed by atoms with Crippen LogP contribution in [0.1, 0.15) is 18.9 Å². The summed E-state index contributed by atoms with van der Waals surface area (Å²) in [5.74, 6) is -0.0367. The van der Waals surface area contributed by atoms with Gasteiger partial charge in [0, 0.05) is 30.9 Å². The molecule has 5 heteroatoms. The molecule has 1 atom stereocenters. The van der Waals surface area contributed by atoms with E-state index in [4.69, 9.17) is 5.73 Å². The van der Waals surface area contributed by atoms with E-state index in [0.717, 1.165) is 11.3 Å². The molecule has 5 nitrogen and oxygen atoms in total. The summed E-state index contributed by atoms with van der Waals surface area (Å²) in [6.07, 6.45) is 0.0138. The minimum absolute atomic E-state index is 0.0367. The van der Waals surface area contributed by atoms with Gasteiger partial charge in [-0.15, -0.1) is 0 Å². The standard InChI is InChI=1S/C14H23N3O2/c1-10-8-12(15)4-5-13(10)16-14(19)6-7-17(3)9-11(2)18/h4-5,8,11,18H,6-7,9,15H2,1-3H3,(H,16,19). The van der Waals surface area contributed by atoms with Crippen molar-refractivity contribution in [1.29, 1.82) is 0 Å². The molecule has 0 bridgehead atoms. The Labute approximate surface area is 114 Å². The second-order valence-corrected chi connectivity index (χ2v) is 4.98. The maximum absolute atomic E-state index is 11.8. The van der Waals surface area contributed by atoms with E-state index < -0.39 is 0 Å². The number of amides is 1. The highest BCUT2D eigenvalue weighted by atomic mass is 16.3. The number of aliphatic hydroxyl groups is 1. The topological polar surface area (TPSA) is 78.6 Å². The lowest BCUT2D eigenvalue weighted by Gasteiger charge is -2.18. The van der Waals surface area contributed by atoms with E-state index in [0.29, 0.717) is 25.2 Å². The van der Waals surface area contributed by atoms with Crippen molar-refractivity contribution >= 4 is 17.3 Å². The third-order valence-corrected chi connectivity index (χ3v) is 2.82. The molecule has 1 aromatic rings. The number of likely N-dealkylation sites (N-methyl/N-ethyl adjacent to an activating group) is 1. The molecule has 1 unspecified atom stereocenters. The van der Waals surface area contributed by atoms with Crippen molar-refractivity contribution in [2.75, 3.05) is 31.2 Å². The van der Waals surface area contributed by atoms with Crippen molar-refractivity contribution < 1.29 is 9.90 Å². The number of hydrogen-bond acceptors (Lipinski definition) is 4. The maximum atomic E-state index is 11.8. The van der Waals surface area contributed by atoms with Crippen LogP contribution in [-0.4, -0.2) is 42.2 Å². The van der Waals surface area contributed by atoms with Gasteiger partial charge in [0.15, 0.2) is 0 Å². The highest BCUT2D eigenvalue weighted by molar-refractivity contribution is 5.91. The number of nitrogens with two attached hydrogens (primary N) is 1. The lowest BCUT2D eigenvalue weighted by atomic mass is 10.2.